The molecule has 0 saturated carbocycles. The molecule has 0 aromatic carbocycles. The predicted octanol–water partition coefficient (Wildman–Crippen LogP) is 0.0521. The third-order valence-electron chi connectivity index (χ3n) is 3.08. The summed E-state index contributed by atoms with van der Waals surface area (Å²) >= 11 is 0. The van der Waals surface area contributed by atoms with E-state index in [9.17, 15) is 8.42 Å². The zero-order chi connectivity index (χ0) is 16.3. The predicted molar refractivity (Wildman–Crippen MR) is 81.6 cm³/mol. The van der Waals surface area contributed by atoms with Gasteiger partial charge in [-0.05, 0) is 6.07 Å². The Morgan fingerprint density at radius 2 is 1.91 bits per heavy atom. The Labute approximate surface area is 133 Å². The molecule has 0 radical (unpaired) electrons. The van der Waals surface area contributed by atoms with Crippen molar-refractivity contribution in [2.45, 2.75) is 11.6 Å². The molecule has 0 aliphatic rings. The normalized spacial score (nSPS) is 11.7. The fraction of sp³-hybridized carbons (Fsp3) is 0.231. The number of sulfonamides is 1. The SMILES string of the molecule is Cn1cnc(S(=O)(=O)NCCn2ccnc2-c2ncccn2)c1. The fourth-order valence-corrected chi connectivity index (χ4v) is 3.01. The van der Waals surface area contributed by atoms with Gasteiger partial charge in [0, 0.05) is 51.1 Å². The molecule has 0 amide bonds. The standard InChI is InChI=1S/C13H15N7O2S/c1-19-9-11(17-10-19)23(21,22)18-6-8-20-7-5-16-13(20)12-14-3-2-4-15-12/h2-5,7,9-10,18H,6,8H2,1H3. The van der Waals surface area contributed by atoms with E-state index in [0.29, 0.717) is 18.2 Å². The second kappa shape index (κ2) is 6.26. The average Bonchev–Trinajstić information content (AvgIpc) is 3.17. The minimum absolute atomic E-state index is 0.00255. The molecule has 3 aromatic heterocycles. The molecule has 0 aliphatic heterocycles. The van der Waals surface area contributed by atoms with E-state index in [0.717, 1.165) is 0 Å². The molecule has 3 rings (SSSR count). The van der Waals surface area contributed by atoms with Crippen LogP contribution in [0.15, 0.2) is 48.4 Å². The number of nitrogens with zero attached hydrogens (tertiary/aromatic N) is 6. The highest BCUT2D eigenvalue weighted by Crippen LogP contribution is 2.11. The molecule has 0 aliphatic carbocycles. The van der Waals surface area contributed by atoms with Crippen LogP contribution in [0.5, 0.6) is 0 Å². The van der Waals surface area contributed by atoms with E-state index in [4.69, 9.17) is 0 Å². The smallest absolute Gasteiger partial charge is 0.259 e. The highest BCUT2D eigenvalue weighted by atomic mass is 32.2. The van der Waals surface area contributed by atoms with Gasteiger partial charge in [-0.3, -0.25) is 0 Å². The van der Waals surface area contributed by atoms with Gasteiger partial charge in [0.15, 0.2) is 16.7 Å². The Bertz CT molecular complexity index is 886. The van der Waals surface area contributed by atoms with Crippen molar-refractivity contribution < 1.29 is 8.42 Å². The third-order valence-corrected chi connectivity index (χ3v) is 4.43. The monoisotopic (exact) mass is 333 g/mol. The van der Waals surface area contributed by atoms with Crippen LogP contribution in [0.1, 0.15) is 0 Å². The first kappa shape index (κ1) is 15.3. The van der Waals surface area contributed by atoms with Gasteiger partial charge < -0.3 is 9.13 Å². The van der Waals surface area contributed by atoms with Gasteiger partial charge in [-0.1, -0.05) is 0 Å². The van der Waals surface area contributed by atoms with Gasteiger partial charge in [0.1, 0.15) is 0 Å². The molecule has 0 spiro atoms. The molecule has 3 aromatic rings. The maximum Gasteiger partial charge on any atom is 0.259 e. The van der Waals surface area contributed by atoms with E-state index in [1.54, 1.807) is 47.0 Å². The maximum absolute atomic E-state index is 12.1. The van der Waals surface area contributed by atoms with Crippen LogP contribution in [0.3, 0.4) is 0 Å². The van der Waals surface area contributed by atoms with E-state index in [1.807, 2.05) is 0 Å². The number of aryl methyl sites for hydroxylation is 1. The average molecular weight is 333 g/mol. The Morgan fingerprint density at radius 3 is 2.61 bits per heavy atom. The summed E-state index contributed by atoms with van der Waals surface area (Å²) in [5.74, 6) is 1.08. The molecule has 0 atom stereocenters. The molecule has 10 heteroatoms. The third kappa shape index (κ3) is 3.43. The van der Waals surface area contributed by atoms with Crippen LogP contribution in [-0.4, -0.2) is 44.0 Å². The van der Waals surface area contributed by atoms with Crippen molar-refractivity contribution in [2.75, 3.05) is 6.54 Å². The lowest BCUT2D eigenvalue weighted by molar-refractivity contribution is 0.570. The molecule has 23 heavy (non-hydrogen) atoms. The minimum Gasteiger partial charge on any atom is -0.339 e. The Kier molecular flexibility index (Phi) is 4.17. The number of hydrogen-bond acceptors (Lipinski definition) is 6. The molecule has 0 fully saturated rings. The van der Waals surface area contributed by atoms with Gasteiger partial charge in [0.25, 0.3) is 10.0 Å². The van der Waals surface area contributed by atoms with Crippen molar-refractivity contribution in [1.29, 1.82) is 0 Å². The second-order valence-corrected chi connectivity index (χ2v) is 6.51. The Hall–Kier alpha value is -2.59. The van der Waals surface area contributed by atoms with Crippen molar-refractivity contribution in [3.05, 3.63) is 43.4 Å². The van der Waals surface area contributed by atoms with Crippen LogP contribution >= 0.6 is 0 Å². The maximum atomic E-state index is 12.1. The molecular weight excluding hydrogens is 318 g/mol. The summed E-state index contributed by atoms with van der Waals surface area (Å²) in [4.78, 5) is 16.3. The number of aromatic nitrogens is 6. The molecule has 0 unspecified atom stereocenters. The highest BCUT2D eigenvalue weighted by Gasteiger charge is 2.16. The zero-order valence-corrected chi connectivity index (χ0v) is 13.2. The fourth-order valence-electron chi connectivity index (χ4n) is 2.01. The molecule has 0 saturated heterocycles. The van der Waals surface area contributed by atoms with Crippen molar-refractivity contribution in [3.8, 4) is 11.6 Å². The lowest BCUT2D eigenvalue weighted by Gasteiger charge is -2.08. The van der Waals surface area contributed by atoms with E-state index in [1.165, 1.54) is 12.5 Å². The molecule has 9 nitrogen and oxygen atoms in total. The number of hydrogen-bond donors (Lipinski definition) is 1. The van der Waals surface area contributed by atoms with Crippen LogP contribution in [0.25, 0.3) is 11.6 Å². The largest absolute Gasteiger partial charge is 0.339 e. The minimum atomic E-state index is -3.62. The van der Waals surface area contributed by atoms with Crippen molar-refractivity contribution in [2.24, 2.45) is 7.05 Å². The van der Waals surface area contributed by atoms with Gasteiger partial charge in [0.05, 0.1) is 6.33 Å². The van der Waals surface area contributed by atoms with E-state index in [-0.39, 0.29) is 11.6 Å². The Balaban J connectivity index is 1.67. The van der Waals surface area contributed by atoms with Crippen LogP contribution in [0.2, 0.25) is 0 Å². The molecule has 1 N–H and O–H groups in total. The van der Waals surface area contributed by atoms with Crippen LogP contribution in [0, 0.1) is 0 Å². The first-order valence-corrected chi connectivity index (χ1v) is 8.31. The Morgan fingerprint density at radius 1 is 1.13 bits per heavy atom. The second-order valence-electron chi connectivity index (χ2n) is 4.79. The van der Waals surface area contributed by atoms with E-state index >= 15 is 0 Å². The quantitative estimate of drug-likeness (QED) is 0.683. The molecule has 0 bridgehead atoms. The summed E-state index contributed by atoms with van der Waals surface area (Å²) < 4.78 is 30.1. The zero-order valence-electron chi connectivity index (χ0n) is 12.4. The number of nitrogens with one attached hydrogen (secondary N) is 1. The molecule has 3 heterocycles. The highest BCUT2D eigenvalue weighted by molar-refractivity contribution is 7.89. The van der Waals surface area contributed by atoms with E-state index < -0.39 is 10.0 Å². The number of imidazole rings is 2. The molecular formula is C13H15N7O2S. The van der Waals surface area contributed by atoms with Crippen molar-refractivity contribution in [1.82, 2.24) is 33.8 Å². The van der Waals surface area contributed by atoms with Gasteiger partial charge in [-0.25, -0.2) is 33.1 Å². The summed E-state index contributed by atoms with van der Waals surface area (Å²) in [6, 6.07) is 1.72. The van der Waals surface area contributed by atoms with E-state index in [2.05, 4.69) is 24.7 Å². The lowest BCUT2D eigenvalue weighted by Crippen LogP contribution is -2.27. The van der Waals surface area contributed by atoms with Gasteiger partial charge >= 0.3 is 0 Å². The van der Waals surface area contributed by atoms with Crippen LogP contribution < -0.4 is 4.72 Å². The first-order chi connectivity index (χ1) is 11.1. The summed E-state index contributed by atoms with van der Waals surface area (Å²) in [6.45, 7) is 0.606. The summed E-state index contributed by atoms with van der Waals surface area (Å²) in [5.41, 5.74) is 0. The summed E-state index contributed by atoms with van der Waals surface area (Å²) in [6.07, 6.45) is 9.52. The van der Waals surface area contributed by atoms with Gasteiger partial charge in [-0.15, -0.1) is 0 Å². The van der Waals surface area contributed by atoms with Crippen LogP contribution in [0.4, 0.5) is 0 Å². The number of rotatable bonds is 6. The first-order valence-electron chi connectivity index (χ1n) is 6.82. The van der Waals surface area contributed by atoms with Crippen molar-refractivity contribution in [3.63, 3.8) is 0 Å². The van der Waals surface area contributed by atoms with Gasteiger partial charge in [-0.2, -0.15) is 0 Å². The van der Waals surface area contributed by atoms with Crippen LogP contribution in [-0.2, 0) is 23.6 Å². The summed E-state index contributed by atoms with van der Waals surface area (Å²) in [7, 11) is -1.91. The lowest BCUT2D eigenvalue weighted by atomic mass is 10.5. The van der Waals surface area contributed by atoms with Gasteiger partial charge in [0.2, 0.25) is 0 Å². The summed E-state index contributed by atoms with van der Waals surface area (Å²) in [5, 5.41) is -0.00255. The molecule has 120 valence electrons. The van der Waals surface area contributed by atoms with Crippen molar-refractivity contribution >= 4 is 10.0 Å². The topological polar surface area (TPSA) is 108 Å².